The van der Waals surface area contributed by atoms with Gasteiger partial charge in [0.1, 0.15) is 0 Å². The van der Waals surface area contributed by atoms with Gasteiger partial charge in [-0.1, -0.05) is 19.1 Å². The zero-order chi connectivity index (χ0) is 17.4. The van der Waals surface area contributed by atoms with Crippen LogP contribution in [0.4, 0.5) is 5.95 Å². The third kappa shape index (κ3) is 2.38. The molecule has 1 aliphatic heterocycles. The molecule has 0 aliphatic carbocycles. The molecule has 0 atom stereocenters. The number of hydrazone groups is 1. The van der Waals surface area contributed by atoms with E-state index in [0.717, 1.165) is 12.1 Å². The quantitative estimate of drug-likeness (QED) is 0.786. The molecule has 128 valence electrons. The second-order valence-electron chi connectivity index (χ2n) is 5.95. The molecule has 0 bridgehead atoms. The summed E-state index contributed by atoms with van der Waals surface area (Å²) in [7, 11) is 1.65. The Balaban J connectivity index is 2.33. The van der Waals surface area contributed by atoms with Crippen LogP contribution in [0.2, 0.25) is 0 Å². The topological polar surface area (TPSA) is 77.4 Å². The molecule has 0 spiro atoms. The first-order valence-electron chi connectivity index (χ1n) is 8.12. The minimum atomic E-state index is -0.360. The van der Waals surface area contributed by atoms with Gasteiger partial charge in [0, 0.05) is 20.1 Å². The van der Waals surface area contributed by atoms with Crippen LogP contribution >= 0.6 is 0 Å². The minimum Gasteiger partial charge on any atom is -0.297 e. The van der Waals surface area contributed by atoms with Crippen molar-refractivity contribution in [2.24, 2.45) is 12.1 Å². The highest BCUT2D eigenvalue weighted by Gasteiger charge is 2.25. The van der Waals surface area contributed by atoms with Crippen molar-refractivity contribution < 1.29 is 0 Å². The Morgan fingerprint density at radius 3 is 2.71 bits per heavy atom. The molecule has 0 saturated carbocycles. The van der Waals surface area contributed by atoms with E-state index in [0.29, 0.717) is 30.2 Å². The Kier molecular flexibility index (Phi) is 4.13. The number of fused-ring (bicyclic) bond motifs is 3. The first-order chi connectivity index (χ1) is 11.5. The number of aryl methyl sites for hydroxylation is 1. The molecule has 0 saturated heterocycles. The first-order valence-corrected chi connectivity index (χ1v) is 8.12. The highest BCUT2D eigenvalue weighted by Crippen LogP contribution is 2.23. The van der Waals surface area contributed by atoms with Crippen molar-refractivity contribution in [2.75, 3.05) is 11.6 Å². The van der Waals surface area contributed by atoms with Crippen molar-refractivity contribution in [3.8, 4) is 0 Å². The van der Waals surface area contributed by atoms with Gasteiger partial charge < -0.3 is 0 Å². The monoisotopic (exact) mass is 330 g/mol. The summed E-state index contributed by atoms with van der Waals surface area (Å²) in [5.74, 6) is 0.619. The molecule has 1 aliphatic rings. The molecule has 0 unspecified atom stereocenters. The van der Waals surface area contributed by atoms with E-state index < -0.39 is 0 Å². The summed E-state index contributed by atoms with van der Waals surface area (Å²) in [6.45, 7) is 7.32. The third-order valence-electron chi connectivity index (χ3n) is 4.08. The first kappa shape index (κ1) is 16.2. The van der Waals surface area contributed by atoms with Crippen LogP contribution in [-0.2, 0) is 20.1 Å². The summed E-state index contributed by atoms with van der Waals surface area (Å²) in [4.78, 5) is 29.9. The maximum absolute atomic E-state index is 12.9. The number of hydrogen-bond acceptors (Lipinski definition) is 5. The van der Waals surface area contributed by atoms with Crippen molar-refractivity contribution in [1.82, 2.24) is 18.7 Å². The number of allylic oxidation sites excluding steroid dienone is 2. The Labute approximate surface area is 139 Å². The number of hydrogen-bond donors (Lipinski definition) is 0. The predicted octanol–water partition coefficient (Wildman–Crippen LogP) is 1.08. The molecule has 8 nitrogen and oxygen atoms in total. The molecule has 0 amide bonds. The van der Waals surface area contributed by atoms with Crippen molar-refractivity contribution in [3.63, 3.8) is 0 Å². The Morgan fingerprint density at radius 1 is 1.29 bits per heavy atom. The van der Waals surface area contributed by atoms with E-state index in [-0.39, 0.29) is 17.8 Å². The second-order valence-corrected chi connectivity index (χ2v) is 5.95. The van der Waals surface area contributed by atoms with Crippen LogP contribution in [0.15, 0.2) is 26.8 Å². The molecule has 2 aromatic rings. The molecule has 0 N–H and O–H groups in total. The number of imidazole rings is 1. The van der Waals surface area contributed by atoms with Crippen LogP contribution in [0.3, 0.4) is 0 Å². The smallest absolute Gasteiger partial charge is 0.297 e. The average Bonchev–Trinajstić information content (AvgIpc) is 2.93. The summed E-state index contributed by atoms with van der Waals surface area (Å²) in [6, 6.07) is 0. The van der Waals surface area contributed by atoms with Gasteiger partial charge in [0.15, 0.2) is 11.2 Å². The summed E-state index contributed by atoms with van der Waals surface area (Å²) in [6.07, 6.45) is 4.52. The van der Waals surface area contributed by atoms with E-state index in [4.69, 9.17) is 0 Å². The van der Waals surface area contributed by atoms with Crippen LogP contribution in [0.25, 0.3) is 11.2 Å². The highest BCUT2D eigenvalue weighted by molar-refractivity contribution is 5.87. The molecule has 3 heterocycles. The van der Waals surface area contributed by atoms with E-state index >= 15 is 0 Å². The number of rotatable bonds is 4. The molecular formula is C16H22N6O2. The summed E-state index contributed by atoms with van der Waals surface area (Å²) in [5.41, 5.74) is 1.09. The van der Waals surface area contributed by atoms with Crippen LogP contribution in [0.5, 0.6) is 0 Å². The van der Waals surface area contributed by atoms with Gasteiger partial charge in [-0.15, -0.1) is 0 Å². The lowest BCUT2D eigenvalue weighted by molar-refractivity contribution is 0.662. The van der Waals surface area contributed by atoms with Crippen molar-refractivity contribution in [1.29, 1.82) is 0 Å². The number of nitrogens with zero attached hydrogens (tertiary/aromatic N) is 6. The molecule has 2 aromatic heterocycles. The van der Waals surface area contributed by atoms with Crippen molar-refractivity contribution in [2.45, 2.75) is 40.3 Å². The predicted molar refractivity (Wildman–Crippen MR) is 94.8 cm³/mol. The molecule has 0 aromatic carbocycles. The zero-order valence-electron chi connectivity index (χ0n) is 14.5. The summed E-state index contributed by atoms with van der Waals surface area (Å²) < 4.78 is 4.54. The molecule has 0 fully saturated rings. The minimum absolute atomic E-state index is 0.254. The van der Waals surface area contributed by atoms with Crippen LogP contribution in [0.1, 0.15) is 27.2 Å². The van der Waals surface area contributed by atoms with E-state index in [1.54, 1.807) is 18.1 Å². The Morgan fingerprint density at radius 2 is 2.04 bits per heavy atom. The van der Waals surface area contributed by atoms with Gasteiger partial charge in [0.2, 0.25) is 5.95 Å². The fraction of sp³-hybridized carbons (Fsp3) is 0.500. The van der Waals surface area contributed by atoms with E-state index in [2.05, 4.69) is 17.0 Å². The largest absolute Gasteiger partial charge is 0.332 e. The summed E-state index contributed by atoms with van der Waals surface area (Å²) in [5, 5.41) is 6.33. The standard InChI is InChI=1S/C16H22N6O2/c1-5-7-9-20-14(23)12-13(19(4)16(20)24)17-15-21(12)10-11(3)18-22(15)8-6-2/h5,7H,6,8-10H2,1-4H3/b7-5+. The van der Waals surface area contributed by atoms with Gasteiger partial charge in [-0.05, 0) is 20.3 Å². The Bertz CT molecular complexity index is 960. The van der Waals surface area contributed by atoms with E-state index in [1.807, 2.05) is 24.5 Å². The lowest BCUT2D eigenvalue weighted by atomic mass is 10.3. The zero-order valence-corrected chi connectivity index (χ0v) is 14.5. The molecule has 3 rings (SSSR count). The lowest BCUT2D eigenvalue weighted by Crippen LogP contribution is -2.39. The van der Waals surface area contributed by atoms with Gasteiger partial charge in [-0.25, -0.2) is 9.80 Å². The fourth-order valence-corrected chi connectivity index (χ4v) is 2.95. The van der Waals surface area contributed by atoms with Crippen LogP contribution < -0.4 is 16.3 Å². The van der Waals surface area contributed by atoms with Gasteiger partial charge in [0.05, 0.1) is 12.3 Å². The van der Waals surface area contributed by atoms with Gasteiger partial charge in [-0.2, -0.15) is 10.1 Å². The molecule has 8 heteroatoms. The third-order valence-corrected chi connectivity index (χ3v) is 4.08. The highest BCUT2D eigenvalue weighted by atomic mass is 16.2. The van der Waals surface area contributed by atoms with Gasteiger partial charge in [0.25, 0.3) is 5.56 Å². The number of anilines is 1. The van der Waals surface area contributed by atoms with E-state index in [9.17, 15) is 9.59 Å². The molecule has 24 heavy (non-hydrogen) atoms. The SMILES string of the molecule is C/C=C/Cn1c(=O)c2c(nc3n2CC(C)=NN3CCC)n(C)c1=O. The maximum Gasteiger partial charge on any atom is 0.332 e. The fourth-order valence-electron chi connectivity index (χ4n) is 2.95. The molecule has 0 radical (unpaired) electrons. The van der Waals surface area contributed by atoms with Gasteiger partial charge in [-0.3, -0.25) is 18.5 Å². The lowest BCUT2D eigenvalue weighted by Gasteiger charge is -2.24. The van der Waals surface area contributed by atoms with Crippen molar-refractivity contribution in [3.05, 3.63) is 33.0 Å². The number of aromatic nitrogens is 4. The Hall–Kier alpha value is -2.64. The normalized spacial score (nSPS) is 14.5. The van der Waals surface area contributed by atoms with E-state index in [1.165, 1.54) is 9.13 Å². The van der Waals surface area contributed by atoms with Crippen molar-refractivity contribution >= 4 is 22.8 Å². The van der Waals surface area contributed by atoms with Gasteiger partial charge >= 0.3 is 5.69 Å². The van der Waals surface area contributed by atoms with Crippen LogP contribution in [-0.4, -0.2) is 30.9 Å². The average molecular weight is 330 g/mol. The van der Waals surface area contributed by atoms with Crippen LogP contribution in [0, 0.1) is 0 Å². The summed E-state index contributed by atoms with van der Waals surface area (Å²) >= 11 is 0. The molecular weight excluding hydrogens is 308 g/mol. The second kappa shape index (κ2) is 6.10. The maximum atomic E-state index is 12.9.